The summed E-state index contributed by atoms with van der Waals surface area (Å²) in [5, 5.41) is 0. The normalized spacial score (nSPS) is 15.2. The number of nitrogens with one attached hydrogen (secondary N) is 2. The van der Waals surface area contributed by atoms with Crippen molar-refractivity contribution in [1.82, 2.24) is 10.9 Å². The lowest BCUT2D eigenvalue weighted by atomic mass is 9.98. The average Bonchev–Trinajstić information content (AvgIpc) is 2.21. The van der Waals surface area contributed by atoms with Crippen LogP contribution in [0.15, 0.2) is 0 Å². The largest absolute Gasteiger partial charge is 0.443 e. The van der Waals surface area contributed by atoms with Crippen LogP contribution < -0.4 is 10.9 Å². The molecule has 0 aromatic carbocycles. The molecule has 0 radical (unpaired) electrons. The van der Waals surface area contributed by atoms with Gasteiger partial charge >= 0.3 is 6.09 Å². The summed E-state index contributed by atoms with van der Waals surface area (Å²) in [6, 6.07) is 0.303. The minimum Gasteiger partial charge on any atom is -0.443 e. The summed E-state index contributed by atoms with van der Waals surface area (Å²) >= 11 is 0. The molecule has 0 spiro atoms. The van der Waals surface area contributed by atoms with Gasteiger partial charge in [0.05, 0.1) is 0 Å². The van der Waals surface area contributed by atoms with Crippen molar-refractivity contribution in [3.05, 3.63) is 0 Å². The highest BCUT2D eigenvalue weighted by atomic mass is 16.6. The fraction of sp³-hybridized carbons (Fsp3) is 0.923. The Morgan fingerprint density at radius 3 is 2.24 bits per heavy atom. The van der Waals surface area contributed by atoms with Crippen LogP contribution in [0.4, 0.5) is 4.79 Å². The SMILES string of the molecule is CCC(C)CC(CC)NNC(=O)OC(C)(C)C. The van der Waals surface area contributed by atoms with Gasteiger partial charge in [0.1, 0.15) is 5.60 Å². The van der Waals surface area contributed by atoms with Crippen molar-refractivity contribution in [2.75, 3.05) is 0 Å². The number of hydrazine groups is 1. The maximum absolute atomic E-state index is 11.4. The molecule has 0 aliphatic carbocycles. The minimum absolute atomic E-state index is 0.303. The average molecular weight is 244 g/mol. The van der Waals surface area contributed by atoms with Crippen LogP contribution in [0.25, 0.3) is 0 Å². The summed E-state index contributed by atoms with van der Waals surface area (Å²) < 4.78 is 5.15. The van der Waals surface area contributed by atoms with E-state index < -0.39 is 11.7 Å². The van der Waals surface area contributed by atoms with Gasteiger partial charge < -0.3 is 4.74 Å². The molecule has 4 heteroatoms. The maximum atomic E-state index is 11.4. The molecule has 0 rings (SSSR count). The lowest BCUT2D eigenvalue weighted by molar-refractivity contribution is 0.0484. The minimum atomic E-state index is -0.454. The third kappa shape index (κ3) is 8.98. The van der Waals surface area contributed by atoms with Crippen LogP contribution in [0.3, 0.4) is 0 Å². The molecule has 0 fully saturated rings. The van der Waals surface area contributed by atoms with E-state index in [9.17, 15) is 4.79 Å². The predicted octanol–water partition coefficient (Wildman–Crippen LogP) is 3.23. The zero-order chi connectivity index (χ0) is 13.5. The molecular formula is C13H28N2O2. The van der Waals surface area contributed by atoms with E-state index in [1.807, 2.05) is 20.8 Å². The highest BCUT2D eigenvalue weighted by molar-refractivity contribution is 5.67. The Labute approximate surface area is 105 Å². The topological polar surface area (TPSA) is 50.4 Å². The second kappa shape index (κ2) is 7.54. The van der Waals surface area contributed by atoms with Gasteiger partial charge in [-0.05, 0) is 39.5 Å². The first kappa shape index (κ1) is 16.2. The molecule has 17 heavy (non-hydrogen) atoms. The van der Waals surface area contributed by atoms with E-state index in [2.05, 4.69) is 31.6 Å². The Balaban J connectivity index is 3.94. The van der Waals surface area contributed by atoms with Gasteiger partial charge in [0.15, 0.2) is 0 Å². The highest BCUT2D eigenvalue weighted by Crippen LogP contribution is 2.11. The summed E-state index contributed by atoms with van der Waals surface area (Å²) in [6.07, 6.45) is 2.79. The van der Waals surface area contributed by atoms with Crippen molar-refractivity contribution in [2.24, 2.45) is 5.92 Å². The molecule has 2 N–H and O–H groups in total. The summed E-state index contributed by atoms with van der Waals surface area (Å²) in [6.45, 7) is 12.1. The number of rotatable bonds is 6. The molecule has 0 aliphatic rings. The molecule has 0 aromatic rings. The Kier molecular flexibility index (Phi) is 7.19. The molecule has 0 aliphatic heterocycles. The van der Waals surface area contributed by atoms with Gasteiger partial charge in [-0.3, -0.25) is 5.43 Å². The van der Waals surface area contributed by atoms with E-state index in [1.54, 1.807) is 0 Å². The molecule has 102 valence electrons. The van der Waals surface area contributed by atoms with Crippen molar-refractivity contribution in [1.29, 1.82) is 0 Å². The molecule has 0 aromatic heterocycles. The zero-order valence-electron chi connectivity index (χ0n) is 12.1. The lowest BCUT2D eigenvalue weighted by Crippen LogP contribution is -2.46. The third-order valence-corrected chi connectivity index (χ3v) is 2.65. The molecule has 0 saturated carbocycles. The maximum Gasteiger partial charge on any atom is 0.422 e. The Hall–Kier alpha value is -0.770. The molecule has 0 heterocycles. The fourth-order valence-corrected chi connectivity index (χ4v) is 1.44. The number of carbonyl (C=O) groups excluding carboxylic acids is 1. The van der Waals surface area contributed by atoms with E-state index in [0.29, 0.717) is 12.0 Å². The number of amides is 1. The zero-order valence-corrected chi connectivity index (χ0v) is 12.1. The summed E-state index contributed by atoms with van der Waals surface area (Å²) in [5.41, 5.74) is 5.19. The number of hydrogen-bond donors (Lipinski definition) is 2. The van der Waals surface area contributed by atoms with E-state index in [-0.39, 0.29) is 0 Å². The summed E-state index contributed by atoms with van der Waals surface area (Å²) in [4.78, 5) is 11.4. The van der Waals surface area contributed by atoms with Gasteiger partial charge in [0.2, 0.25) is 0 Å². The summed E-state index contributed by atoms with van der Waals surface area (Å²) in [5.74, 6) is 0.660. The Bertz CT molecular complexity index is 224. The van der Waals surface area contributed by atoms with Gasteiger partial charge in [0.25, 0.3) is 0 Å². The van der Waals surface area contributed by atoms with E-state index >= 15 is 0 Å². The van der Waals surface area contributed by atoms with Crippen LogP contribution >= 0.6 is 0 Å². The quantitative estimate of drug-likeness (QED) is 0.705. The first-order valence-corrected chi connectivity index (χ1v) is 6.53. The standard InChI is InChI=1S/C13H28N2O2/c1-7-10(3)9-11(8-2)14-15-12(16)17-13(4,5)6/h10-11,14H,7-9H2,1-6H3,(H,15,16). The van der Waals surface area contributed by atoms with Crippen LogP contribution in [0.2, 0.25) is 0 Å². The van der Waals surface area contributed by atoms with Crippen molar-refractivity contribution in [3.8, 4) is 0 Å². The van der Waals surface area contributed by atoms with Crippen LogP contribution in [0.1, 0.15) is 60.8 Å². The molecule has 2 unspecified atom stereocenters. The van der Waals surface area contributed by atoms with Gasteiger partial charge in [-0.2, -0.15) is 0 Å². The van der Waals surface area contributed by atoms with E-state index in [1.165, 1.54) is 0 Å². The number of carbonyl (C=O) groups is 1. The van der Waals surface area contributed by atoms with E-state index in [0.717, 1.165) is 19.3 Å². The lowest BCUT2D eigenvalue weighted by Gasteiger charge is -2.23. The monoisotopic (exact) mass is 244 g/mol. The highest BCUT2D eigenvalue weighted by Gasteiger charge is 2.17. The van der Waals surface area contributed by atoms with Crippen molar-refractivity contribution in [2.45, 2.75) is 72.4 Å². The smallest absolute Gasteiger partial charge is 0.422 e. The van der Waals surface area contributed by atoms with Crippen LogP contribution in [-0.2, 0) is 4.74 Å². The number of hydrogen-bond acceptors (Lipinski definition) is 3. The Morgan fingerprint density at radius 2 is 1.82 bits per heavy atom. The van der Waals surface area contributed by atoms with Gasteiger partial charge in [-0.15, -0.1) is 0 Å². The first-order valence-electron chi connectivity index (χ1n) is 6.53. The molecule has 0 saturated heterocycles. The van der Waals surface area contributed by atoms with Crippen molar-refractivity contribution < 1.29 is 9.53 Å². The van der Waals surface area contributed by atoms with Gasteiger partial charge in [0, 0.05) is 6.04 Å². The summed E-state index contributed by atoms with van der Waals surface area (Å²) in [7, 11) is 0. The van der Waals surface area contributed by atoms with Gasteiger partial charge in [-0.25, -0.2) is 10.2 Å². The molecule has 1 amide bonds. The predicted molar refractivity (Wildman–Crippen MR) is 70.7 cm³/mol. The van der Waals surface area contributed by atoms with Crippen LogP contribution in [0, 0.1) is 5.92 Å². The number of ether oxygens (including phenoxy) is 1. The Morgan fingerprint density at radius 1 is 1.24 bits per heavy atom. The molecule has 2 atom stereocenters. The fourth-order valence-electron chi connectivity index (χ4n) is 1.44. The van der Waals surface area contributed by atoms with Crippen LogP contribution in [-0.4, -0.2) is 17.7 Å². The molecular weight excluding hydrogens is 216 g/mol. The third-order valence-electron chi connectivity index (χ3n) is 2.65. The van der Waals surface area contributed by atoms with E-state index in [4.69, 9.17) is 4.74 Å². The molecule has 0 bridgehead atoms. The second-order valence-electron chi connectivity index (χ2n) is 5.63. The van der Waals surface area contributed by atoms with Crippen LogP contribution in [0.5, 0.6) is 0 Å². The van der Waals surface area contributed by atoms with Crippen molar-refractivity contribution >= 4 is 6.09 Å². The van der Waals surface area contributed by atoms with Gasteiger partial charge in [-0.1, -0.05) is 27.2 Å². The first-order chi connectivity index (χ1) is 7.78. The van der Waals surface area contributed by atoms with Crippen molar-refractivity contribution in [3.63, 3.8) is 0 Å². The second-order valence-corrected chi connectivity index (χ2v) is 5.63. The molecule has 4 nitrogen and oxygen atoms in total.